The van der Waals surface area contributed by atoms with Crippen LogP contribution in [0.4, 0.5) is 10.1 Å². The first-order valence-electron chi connectivity index (χ1n) is 9.16. The molecule has 0 aromatic heterocycles. The molecule has 1 aliphatic carbocycles. The number of rotatable bonds is 7. The van der Waals surface area contributed by atoms with E-state index in [9.17, 15) is 9.59 Å². The summed E-state index contributed by atoms with van der Waals surface area (Å²) < 4.78 is 15.1. The maximum absolute atomic E-state index is 15.1. The predicted octanol–water partition coefficient (Wildman–Crippen LogP) is 3.91. The van der Waals surface area contributed by atoms with E-state index in [1.807, 2.05) is 44.2 Å². The van der Waals surface area contributed by atoms with Gasteiger partial charge in [-0.3, -0.25) is 9.59 Å². The van der Waals surface area contributed by atoms with Crippen LogP contribution in [-0.4, -0.2) is 36.2 Å². The molecule has 1 aliphatic rings. The van der Waals surface area contributed by atoms with E-state index in [1.165, 1.54) is 12.2 Å². The number of hydrogen-bond acceptors (Lipinski definition) is 3. The van der Waals surface area contributed by atoms with Crippen LogP contribution in [0.3, 0.4) is 0 Å². The number of anilines is 1. The Hall–Kier alpha value is -2.95. The molecule has 0 saturated heterocycles. The van der Waals surface area contributed by atoms with Gasteiger partial charge in [0.25, 0.3) is 0 Å². The monoisotopic (exact) mass is 366 g/mol. The fourth-order valence-electron chi connectivity index (χ4n) is 3.32. The van der Waals surface area contributed by atoms with Crippen LogP contribution in [0, 0.1) is 5.82 Å². The van der Waals surface area contributed by atoms with Gasteiger partial charge in [0, 0.05) is 30.8 Å². The number of allylic oxidation sites excluding steroid dienone is 1. The minimum Gasteiger partial charge on any atom is -0.356 e. The summed E-state index contributed by atoms with van der Waals surface area (Å²) >= 11 is 0. The molecule has 140 valence electrons. The maximum Gasteiger partial charge on any atom is 0.242 e. The summed E-state index contributed by atoms with van der Waals surface area (Å²) in [5, 5.41) is 0. The van der Waals surface area contributed by atoms with Crippen molar-refractivity contribution in [1.29, 1.82) is 0 Å². The van der Waals surface area contributed by atoms with Crippen LogP contribution in [0.2, 0.25) is 0 Å². The molecule has 0 aliphatic heterocycles. The molecule has 0 atom stereocenters. The molecule has 2 aromatic rings. The summed E-state index contributed by atoms with van der Waals surface area (Å²) in [6.07, 6.45) is 2.88. The van der Waals surface area contributed by atoms with E-state index in [1.54, 1.807) is 21.9 Å². The molecule has 0 unspecified atom stereocenters. The molecule has 0 N–H and O–H groups in total. The van der Waals surface area contributed by atoms with Crippen LogP contribution in [0.25, 0.3) is 6.08 Å². The van der Waals surface area contributed by atoms with Crippen molar-refractivity contribution >= 4 is 23.5 Å². The molecule has 0 radical (unpaired) electrons. The fourth-order valence-corrected chi connectivity index (χ4v) is 3.32. The lowest BCUT2D eigenvalue weighted by Crippen LogP contribution is -2.40. The minimum atomic E-state index is -0.460. The second kappa shape index (κ2) is 8.16. The van der Waals surface area contributed by atoms with Gasteiger partial charge in [-0.1, -0.05) is 30.3 Å². The first kappa shape index (κ1) is 18.8. The van der Waals surface area contributed by atoms with Crippen LogP contribution in [0.15, 0.2) is 48.5 Å². The Morgan fingerprint density at radius 3 is 2.37 bits per heavy atom. The molecule has 0 spiro atoms. The predicted molar refractivity (Wildman–Crippen MR) is 105 cm³/mol. The van der Waals surface area contributed by atoms with Crippen LogP contribution in [-0.2, 0) is 11.3 Å². The zero-order valence-electron chi connectivity index (χ0n) is 15.6. The minimum absolute atomic E-state index is 0.0533. The number of benzene rings is 2. The zero-order valence-corrected chi connectivity index (χ0v) is 15.6. The molecule has 2 aromatic carbocycles. The lowest BCUT2D eigenvalue weighted by Gasteiger charge is -2.28. The number of nitrogens with zero attached hydrogens (tertiary/aromatic N) is 2. The third kappa shape index (κ3) is 3.92. The van der Waals surface area contributed by atoms with Gasteiger partial charge in [-0.15, -0.1) is 0 Å². The topological polar surface area (TPSA) is 40.6 Å². The number of likely N-dealkylation sites (N-methyl/N-ethyl adjacent to an activating group) is 1. The van der Waals surface area contributed by atoms with E-state index >= 15 is 4.39 Å². The Balaban J connectivity index is 1.96. The molecule has 1 amide bonds. The lowest BCUT2D eigenvalue weighted by atomic mass is 10.1. The molecule has 27 heavy (non-hydrogen) atoms. The Morgan fingerprint density at radius 1 is 1.00 bits per heavy atom. The number of hydrogen-bond donors (Lipinski definition) is 0. The Labute approximate surface area is 158 Å². The number of ketones is 1. The van der Waals surface area contributed by atoms with Crippen molar-refractivity contribution in [3.63, 3.8) is 0 Å². The summed E-state index contributed by atoms with van der Waals surface area (Å²) in [4.78, 5) is 27.9. The average molecular weight is 366 g/mol. The highest BCUT2D eigenvalue weighted by atomic mass is 19.1. The summed E-state index contributed by atoms with van der Waals surface area (Å²) in [7, 11) is 0. The largest absolute Gasteiger partial charge is 0.356 e. The summed E-state index contributed by atoms with van der Waals surface area (Å²) in [5.41, 5.74) is 1.98. The number of amides is 1. The van der Waals surface area contributed by atoms with E-state index in [0.29, 0.717) is 36.4 Å². The van der Waals surface area contributed by atoms with Gasteiger partial charge in [0.15, 0.2) is 11.6 Å². The molecule has 4 nitrogen and oxygen atoms in total. The molecule has 0 fully saturated rings. The van der Waals surface area contributed by atoms with Crippen LogP contribution >= 0.6 is 0 Å². The molecule has 3 rings (SSSR count). The quantitative estimate of drug-likeness (QED) is 0.746. The number of carbonyl (C=O) groups is 2. The number of halogens is 1. The van der Waals surface area contributed by atoms with Crippen molar-refractivity contribution in [2.75, 3.05) is 24.5 Å². The molecular weight excluding hydrogens is 343 g/mol. The van der Waals surface area contributed by atoms with E-state index in [0.717, 1.165) is 5.56 Å². The zero-order chi connectivity index (χ0) is 19.4. The second-order valence-corrected chi connectivity index (χ2v) is 6.47. The van der Waals surface area contributed by atoms with Crippen molar-refractivity contribution in [3.8, 4) is 0 Å². The highest BCUT2D eigenvalue weighted by Crippen LogP contribution is 2.31. The van der Waals surface area contributed by atoms with Crippen molar-refractivity contribution in [1.82, 2.24) is 4.90 Å². The van der Waals surface area contributed by atoms with Gasteiger partial charge in [0.1, 0.15) is 0 Å². The highest BCUT2D eigenvalue weighted by molar-refractivity contribution is 6.14. The van der Waals surface area contributed by atoms with Gasteiger partial charge < -0.3 is 9.80 Å². The third-order valence-corrected chi connectivity index (χ3v) is 4.83. The van der Waals surface area contributed by atoms with Crippen molar-refractivity contribution in [2.45, 2.75) is 20.4 Å². The summed E-state index contributed by atoms with van der Waals surface area (Å²) in [5.74, 6) is -0.704. The summed E-state index contributed by atoms with van der Waals surface area (Å²) in [6, 6.07) is 12.9. The van der Waals surface area contributed by atoms with E-state index < -0.39 is 5.82 Å². The first-order valence-corrected chi connectivity index (χ1v) is 9.16. The lowest BCUT2D eigenvalue weighted by molar-refractivity contribution is -0.129. The molecule has 0 bridgehead atoms. The van der Waals surface area contributed by atoms with Gasteiger partial charge in [-0.2, -0.15) is 0 Å². The van der Waals surface area contributed by atoms with Gasteiger partial charge in [0.05, 0.1) is 12.2 Å². The standard InChI is InChI=1S/C22H23FN2O2/c1-3-24(4-2)21(27)15-25(14-16-8-6-5-7-9-16)19-12-10-17-18(22(19)23)11-13-20(17)26/h5-13H,3-4,14-15H2,1-2H3. The Kier molecular flexibility index (Phi) is 5.69. The molecule has 0 saturated carbocycles. The van der Waals surface area contributed by atoms with Crippen molar-refractivity contribution in [2.24, 2.45) is 0 Å². The average Bonchev–Trinajstić information content (AvgIpc) is 3.05. The molecule has 0 heterocycles. The van der Waals surface area contributed by atoms with Crippen molar-refractivity contribution in [3.05, 3.63) is 71.0 Å². The number of carbonyl (C=O) groups excluding carboxylic acids is 2. The summed E-state index contributed by atoms with van der Waals surface area (Å²) in [6.45, 7) is 5.55. The second-order valence-electron chi connectivity index (χ2n) is 6.47. The Bertz CT molecular complexity index is 873. The van der Waals surface area contributed by atoms with E-state index in [4.69, 9.17) is 0 Å². The third-order valence-electron chi connectivity index (χ3n) is 4.83. The molecular formula is C22H23FN2O2. The first-order chi connectivity index (χ1) is 13.0. The normalized spacial score (nSPS) is 12.2. The molecule has 5 heteroatoms. The van der Waals surface area contributed by atoms with Gasteiger partial charge in [-0.25, -0.2) is 4.39 Å². The smallest absolute Gasteiger partial charge is 0.242 e. The highest BCUT2D eigenvalue weighted by Gasteiger charge is 2.24. The van der Waals surface area contributed by atoms with Gasteiger partial charge in [0.2, 0.25) is 5.91 Å². The van der Waals surface area contributed by atoms with Crippen molar-refractivity contribution < 1.29 is 14.0 Å². The van der Waals surface area contributed by atoms with E-state index in [2.05, 4.69) is 0 Å². The maximum atomic E-state index is 15.1. The van der Waals surface area contributed by atoms with Gasteiger partial charge in [-0.05, 0) is 43.7 Å². The van der Waals surface area contributed by atoms with Crippen LogP contribution < -0.4 is 4.90 Å². The van der Waals surface area contributed by atoms with Crippen LogP contribution in [0.1, 0.15) is 35.3 Å². The number of fused-ring (bicyclic) bond motifs is 1. The SMILES string of the molecule is CCN(CC)C(=O)CN(Cc1ccccc1)c1ccc2c(c1F)C=CC2=O. The Morgan fingerprint density at radius 2 is 1.70 bits per heavy atom. The van der Waals surface area contributed by atoms with Crippen LogP contribution in [0.5, 0.6) is 0 Å². The van der Waals surface area contributed by atoms with Gasteiger partial charge >= 0.3 is 0 Å². The fraction of sp³-hybridized carbons (Fsp3) is 0.273. The van der Waals surface area contributed by atoms with E-state index in [-0.39, 0.29) is 18.2 Å².